The van der Waals surface area contributed by atoms with Crippen LogP contribution in [-0.4, -0.2) is 26.3 Å². The number of benzene rings is 2. The van der Waals surface area contributed by atoms with Crippen LogP contribution in [0.15, 0.2) is 41.3 Å². The molecule has 0 aliphatic carbocycles. The normalized spacial score (nSPS) is 16.2. The molecule has 0 unspecified atom stereocenters. The number of imide groups is 1. The molecule has 9 heteroatoms. The molecule has 0 saturated carbocycles. The van der Waals surface area contributed by atoms with E-state index in [-0.39, 0.29) is 17.0 Å². The summed E-state index contributed by atoms with van der Waals surface area (Å²) in [6.07, 6.45) is -3.81. The fraction of sp³-hybridized carbons (Fsp3) is 0.238. The topological polar surface area (TPSA) is 77.8 Å². The Morgan fingerprint density at radius 1 is 1.10 bits per heavy atom. The minimum atomic E-state index is -4.90. The molecule has 1 saturated heterocycles. The van der Waals surface area contributed by atoms with Gasteiger partial charge in [0, 0.05) is 0 Å². The Hall–Kier alpha value is -2.94. The number of hydrogen-bond acceptors (Lipinski definition) is 5. The van der Waals surface area contributed by atoms with E-state index in [1.165, 1.54) is 0 Å². The predicted molar refractivity (Wildman–Crippen MR) is 107 cm³/mol. The van der Waals surface area contributed by atoms with Gasteiger partial charge in [0.25, 0.3) is 11.1 Å². The summed E-state index contributed by atoms with van der Waals surface area (Å²) in [5, 5.41) is 18.5. The first-order valence-corrected chi connectivity index (χ1v) is 9.76. The van der Waals surface area contributed by atoms with E-state index in [2.05, 4.69) is 0 Å². The van der Waals surface area contributed by atoms with E-state index in [0.29, 0.717) is 23.7 Å². The number of hydrogen-bond donors (Lipinski definition) is 2. The summed E-state index contributed by atoms with van der Waals surface area (Å²) in [4.78, 5) is 25.8. The van der Waals surface area contributed by atoms with Crippen molar-refractivity contribution >= 4 is 29.0 Å². The molecule has 158 valence electrons. The summed E-state index contributed by atoms with van der Waals surface area (Å²) in [5.74, 6) is -2.57. The maximum Gasteiger partial charge on any atom is 0.420 e. The van der Waals surface area contributed by atoms with E-state index in [9.17, 15) is 33.0 Å². The molecule has 2 aromatic carbocycles. The van der Waals surface area contributed by atoms with E-state index >= 15 is 0 Å². The molecule has 2 amide bonds. The Balaban J connectivity index is 1.85. The number of carbonyl (C=O) groups excluding carboxylic acids is 2. The van der Waals surface area contributed by atoms with E-state index < -0.39 is 34.4 Å². The van der Waals surface area contributed by atoms with E-state index in [4.69, 9.17) is 0 Å². The zero-order valence-electron chi connectivity index (χ0n) is 16.0. The first-order chi connectivity index (χ1) is 14.0. The van der Waals surface area contributed by atoms with Gasteiger partial charge in [-0.1, -0.05) is 38.1 Å². The standard InChI is InChI=1S/C21H18F3NO4S/c1-11(2)14-5-3-12(4-6-14)10-25-19(28)17(30-20(25)29)9-13-7-15(21(22,23)24)18(27)16(26)8-13/h3-9,11,26-27H,10H2,1-2H3. The second-order valence-electron chi connectivity index (χ2n) is 7.10. The quantitative estimate of drug-likeness (QED) is 0.490. The molecule has 1 heterocycles. The highest BCUT2D eigenvalue weighted by molar-refractivity contribution is 8.18. The van der Waals surface area contributed by atoms with Crippen molar-refractivity contribution in [2.75, 3.05) is 0 Å². The Morgan fingerprint density at radius 3 is 2.30 bits per heavy atom. The minimum Gasteiger partial charge on any atom is -0.504 e. The summed E-state index contributed by atoms with van der Waals surface area (Å²) < 4.78 is 39.1. The average molecular weight is 437 g/mol. The van der Waals surface area contributed by atoms with Gasteiger partial charge in [-0.2, -0.15) is 13.2 Å². The van der Waals surface area contributed by atoms with Crippen molar-refractivity contribution in [3.63, 3.8) is 0 Å². The molecule has 0 radical (unpaired) electrons. The summed E-state index contributed by atoms with van der Waals surface area (Å²) in [6.45, 7) is 4.12. The van der Waals surface area contributed by atoms with Crippen LogP contribution in [-0.2, 0) is 17.5 Å². The van der Waals surface area contributed by atoms with Crippen molar-refractivity contribution in [2.45, 2.75) is 32.5 Å². The van der Waals surface area contributed by atoms with Gasteiger partial charge in [0.05, 0.1) is 11.4 Å². The van der Waals surface area contributed by atoms with Crippen LogP contribution < -0.4 is 0 Å². The lowest BCUT2D eigenvalue weighted by molar-refractivity contribution is -0.139. The first kappa shape index (κ1) is 21.8. The van der Waals surface area contributed by atoms with Gasteiger partial charge in [-0.25, -0.2) is 0 Å². The second kappa shape index (κ2) is 8.06. The van der Waals surface area contributed by atoms with Gasteiger partial charge in [0.1, 0.15) is 5.56 Å². The highest BCUT2D eigenvalue weighted by atomic mass is 32.2. The Bertz CT molecular complexity index is 1030. The van der Waals surface area contributed by atoms with Crippen molar-refractivity contribution in [3.05, 3.63) is 63.6 Å². The Kier molecular flexibility index (Phi) is 5.85. The number of nitrogens with zero attached hydrogens (tertiary/aromatic N) is 1. The number of phenols is 2. The van der Waals surface area contributed by atoms with Crippen molar-refractivity contribution < 1.29 is 33.0 Å². The maximum atomic E-state index is 13.0. The van der Waals surface area contributed by atoms with Gasteiger partial charge in [-0.3, -0.25) is 14.5 Å². The molecule has 2 aromatic rings. The molecule has 1 aliphatic rings. The van der Waals surface area contributed by atoms with Gasteiger partial charge in [0.15, 0.2) is 11.5 Å². The molecule has 2 N–H and O–H groups in total. The number of phenolic OH excluding ortho intramolecular Hbond substituents is 2. The molecular weight excluding hydrogens is 419 g/mol. The fourth-order valence-electron chi connectivity index (χ4n) is 2.92. The number of amides is 2. The van der Waals surface area contributed by atoms with Crippen molar-refractivity contribution in [2.24, 2.45) is 0 Å². The monoisotopic (exact) mass is 437 g/mol. The van der Waals surface area contributed by atoms with Crippen molar-refractivity contribution in [1.29, 1.82) is 0 Å². The number of carbonyl (C=O) groups is 2. The number of halogens is 3. The highest BCUT2D eigenvalue weighted by Gasteiger charge is 2.37. The Labute approximate surface area is 174 Å². The van der Waals surface area contributed by atoms with Gasteiger partial charge >= 0.3 is 6.18 Å². The van der Waals surface area contributed by atoms with E-state index in [0.717, 1.165) is 28.2 Å². The predicted octanol–water partition coefficient (Wildman–Crippen LogP) is 5.48. The third-order valence-electron chi connectivity index (χ3n) is 4.58. The average Bonchev–Trinajstić information content (AvgIpc) is 2.91. The number of aromatic hydroxyl groups is 2. The van der Waals surface area contributed by atoms with Gasteiger partial charge in [-0.15, -0.1) is 0 Å². The van der Waals surface area contributed by atoms with Gasteiger partial charge in [0.2, 0.25) is 0 Å². The summed E-state index contributed by atoms with van der Waals surface area (Å²) in [7, 11) is 0. The molecule has 0 aromatic heterocycles. The van der Waals surface area contributed by atoms with E-state index in [1.54, 1.807) is 0 Å². The molecule has 0 spiro atoms. The zero-order chi connectivity index (χ0) is 22.2. The first-order valence-electron chi connectivity index (χ1n) is 8.94. The summed E-state index contributed by atoms with van der Waals surface area (Å²) >= 11 is 0.600. The van der Waals surface area contributed by atoms with Crippen LogP contribution in [0, 0.1) is 0 Å². The van der Waals surface area contributed by atoms with Gasteiger partial charge in [-0.05, 0) is 52.6 Å². The molecule has 1 fully saturated rings. The van der Waals surface area contributed by atoms with Crippen molar-refractivity contribution in [1.82, 2.24) is 4.90 Å². The third kappa shape index (κ3) is 4.46. The molecule has 30 heavy (non-hydrogen) atoms. The van der Waals surface area contributed by atoms with Crippen molar-refractivity contribution in [3.8, 4) is 11.5 Å². The zero-order valence-corrected chi connectivity index (χ0v) is 16.8. The SMILES string of the molecule is CC(C)c1ccc(CN2C(=O)SC(=Cc3cc(O)c(O)c(C(F)(F)F)c3)C2=O)cc1. The lowest BCUT2D eigenvalue weighted by Crippen LogP contribution is -2.27. The molecule has 1 aliphatic heterocycles. The van der Waals surface area contributed by atoms with Crippen LogP contribution in [0.3, 0.4) is 0 Å². The highest BCUT2D eigenvalue weighted by Crippen LogP contribution is 2.42. The maximum absolute atomic E-state index is 13.0. The smallest absolute Gasteiger partial charge is 0.420 e. The second-order valence-corrected chi connectivity index (χ2v) is 8.09. The van der Waals surface area contributed by atoms with Gasteiger partial charge < -0.3 is 10.2 Å². The summed E-state index contributed by atoms with van der Waals surface area (Å²) in [5.41, 5.74) is 0.257. The molecule has 0 bridgehead atoms. The van der Waals surface area contributed by atoms with Crippen LogP contribution in [0.2, 0.25) is 0 Å². The fourth-order valence-corrected chi connectivity index (χ4v) is 3.76. The minimum absolute atomic E-state index is 0.0367. The molecular formula is C21H18F3NO4S. The lowest BCUT2D eigenvalue weighted by Gasteiger charge is -2.13. The molecule has 5 nitrogen and oxygen atoms in total. The van der Waals surface area contributed by atoms with Crippen LogP contribution >= 0.6 is 11.8 Å². The summed E-state index contributed by atoms with van der Waals surface area (Å²) in [6, 6.07) is 8.95. The van der Waals surface area contributed by atoms with E-state index in [1.807, 2.05) is 38.1 Å². The third-order valence-corrected chi connectivity index (χ3v) is 5.48. The number of alkyl halides is 3. The lowest BCUT2D eigenvalue weighted by atomic mass is 10.0. The van der Waals surface area contributed by atoms with Crippen LogP contribution in [0.1, 0.15) is 42.0 Å². The molecule has 0 atom stereocenters. The van der Waals surface area contributed by atoms with Crippen LogP contribution in [0.4, 0.5) is 18.0 Å². The molecule has 3 rings (SSSR count). The number of rotatable bonds is 4. The number of thioether (sulfide) groups is 1. The largest absolute Gasteiger partial charge is 0.504 e. The van der Waals surface area contributed by atoms with Crippen LogP contribution in [0.25, 0.3) is 6.08 Å². The Morgan fingerprint density at radius 2 is 1.73 bits per heavy atom. The van der Waals surface area contributed by atoms with Crippen LogP contribution in [0.5, 0.6) is 11.5 Å².